The Kier molecular flexibility index (Phi) is 4.85. The SMILES string of the molecule is CC(C)N(C)C(C)CN1CCOCC1. The van der Waals surface area contributed by atoms with E-state index in [2.05, 4.69) is 37.6 Å². The van der Waals surface area contributed by atoms with Crippen LogP contribution in [0, 0.1) is 0 Å². The summed E-state index contributed by atoms with van der Waals surface area (Å²) < 4.78 is 5.33. The first-order chi connectivity index (χ1) is 6.61. The highest BCUT2D eigenvalue weighted by Crippen LogP contribution is 2.05. The van der Waals surface area contributed by atoms with Crippen LogP contribution in [0.3, 0.4) is 0 Å². The first-order valence-electron chi connectivity index (χ1n) is 5.63. The Labute approximate surface area is 88.0 Å². The molecule has 1 saturated heterocycles. The maximum absolute atomic E-state index is 5.33. The summed E-state index contributed by atoms with van der Waals surface area (Å²) in [6.07, 6.45) is 0. The summed E-state index contributed by atoms with van der Waals surface area (Å²) in [7, 11) is 2.20. The van der Waals surface area contributed by atoms with Crippen LogP contribution in [-0.2, 0) is 4.74 Å². The van der Waals surface area contributed by atoms with Crippen molar-refractivity contribution in [3.63, 3.8) is 0 Å². The predicted molar refractivity (Wildman–Crippen MR) is 59.6 cm³/mol. The van der Waals surface area contributed by atoms with E-state index in [0.717, 1.165) is 32.8 Å². The second-order valence-electron chi connectivity index (χ2n) is 4.52. The summed E-state index contributed by atoms with van der Waals surface area (Å²) in [6, 6.07) is 1.26. The minimum absolute atomic E-state index is 0.631. The van der Waals surface area contributed by atoms with Gasteiger partial charge in [-0.15, -0.1) is 0 Å². The van der Waals surface area contributed by atoms with Gasteiger partial charge < -0.3 is 9.64 Å². The highest BCUT2D eigenvalue weighted by Gasteiger charge is 2.17. The Morgan fingerprint density at radius 3 is 2.29 bits per heavy atom. The molecule has 14 heavy (non-hydrogen) atoms. The quantitative estimate of drug-likeness (QED) is 0.674. The molecule has 0 aliphatic carbocycles. The summed E-state index contributed by atoms with van der Waals surface area (Å²) in [5.41, 5.74) is 0. The summed E-state index contributed by atoms with van der Waals surface area (Å²) in [5.74, 6) is 0. The van der Waals surface area contributed by atoms with E-state index in [0.29, 0.717) is 12.1 Å². The van der Waals surface area contributed by atoms with Gasteiger partial charge in [0.1, 0.15) is 0 Å². The standard InChI is InChI=1S/C11H24N2O/c1-10(2)12(4)11(3)9-13-5-7-14-8-6-13/h10-11H,5-9H2,1-4H3. The number of nitrogens with zero attached hydrogens (tertiary/aromatic N) is 2. The zero-order valence-electron chi connectivity index (χ0n) is 9.99. The molecule has 1 atom stereocenters. The molecule has 1 aliphatic heterocycles. The molecular formula is C11H24N2O. The van der Waals surface area contributed by atoms with E-state index in [-0.39, 0.29) is 0 Å². The third-order valence-electron chi connectivity index (χ3n) is 3.14. The molecule has 0 aromatic carbocycles. The van der Waals surface area contributed by atoms with Crippen molar-refractivity contribution in [2.24, 2.45) is 0 Å². The third kappa shape index (κ3) is 3.56. The van der Waals surface area contributed by atoms with Gasteiger partial charge in [0.25, 0.3) is 0 Å². The molecule has 1 fully saturated rings. The Bertz CT molecular complexity index is 155. The van der Waals surface area contributed by atoms with Gasteiger partial charge in [-0.05, 0) is 27.8 Å². The molecule has 1 rings (SSSR count). The van der Waals surface area contributed by atoms with Gasteiger partial charge in [-0.1, -0.05) is 0 Å². The molecule has 0 amide bonds. The lowest BCUT2D eigenvalue weighted by Gasteiger charge is -2.34. The van der Waals surface area contributed by atoms with Gasteiger partial charge in [-0.3, -0.25) is 4.90 Å². The molecule has 0 aromatic rings. The van der Waals surface area contributed by atoms with Crippen molar-refractivity contribution in [1.82, 2.24) is 9.80 Å². The van der Waals surface area contributed by atoms with Gasteiger partial charge in [-0.2, -0.15) is 0 Å². The van der Waals surface area contributed by atoms with E-state index in [9.17, 15) is 0 Å². The Hall–Kier alpha value is -0.120. The molecule has 0 aromatic heterocycles. The first kappa shape index (κ1) is 12.0. The average Bonchev–Trinajstić information content (AvgIpc) is 2.18. The maximum Gasteiger partial charge on any atom is 0.0594 e. The van der Waals surface area contributed by atoms with Crippen molar-refractivity contribution in [1.29, 1.82) is 0 Å². The van der Waals surface area contributed by atoms with Crippen LogP contribution in [0.25, 0.3) is 0 Å². The molecule has 0 radical (unpaired) electrons. The smallest absolute Gasteiger partial charge is 0.0594 e. The minimum atomic E-state index is 0.631. The van der Waals surface area contributed by atoms with E-state index >= 15 is 0 Å². The van der Waals surface area contributed by atoms with Crippen LogP contribution >= 0.6 is 0 Å². The maximum atomic E-state index is 5.33. The van der Waals surface area contributed by atoms with E-state index in [4.69, 9.17) is 4.74 Å². The van der Waals surface area contributed by atoms with Crippen LogP contribution in [0.5, 0.6) is 0 Å². The fourth-order valence-electron chi connectivity index (χ4n) is 1.80. The average molecular weight is 200 g/mol. The van der Waals surface area contributed by atoms with Crippen molar-refractivity contribution < 1.29 is 4.74 Å². The molecule has 1 heterocycles. The number of morpholine rings is 1. The number of ether oxygens (including phenoxy) is 1. The Morgan fingerprint density at radius 1 is 1.21 bits per heavy atom. The van der Waals surface area contributed by atoms with E-state index in [1.54, 1.807) is 0 Å². The first-order valence-corrected chi connectivity index (χ1v) is 5.63. The fourth-order valence-corrected chi connectivity index (χ4v) is 1.80. The van der Waals surface area contributed by atoms with E-state index in [1.807, 2.05) is 0 Å². The number of rotatable bonds is 4. The van der Waals surface area contributed by atoms with Crippen LogP contribution in [0.2, 0.25) is 0 Å². The van der Waals surface area contributed by atoms with E-state index < -0.39 is 0 Å². The molecule has 1 unspecified atom stereocenters. The summed E-state index contributed by atoms with van der Waals surface area (Å²) in [6.45, 7) is 11.9. The number of hydrogen-bond donors (Lipinski definition) is 0. The Balaban J connectivity index is 2.27. The largest absolute Gasteiger partial charge is 0.379 e. The van der Waals surface area contributed by atoms with Crippen LogP contribution in [0.1, 0.15) is 20.8 Å². The minimum Gasteiger partial charge on any atom is -0.379 e. The van der Waals surface area contributed by atoms with Crippen molar-refractivity contribution >= 4 is 0 Å². The van der Waals surface area contributed by atoms with Crippen molar-refractivity contribution in [2.75, 3.05) is 39.9 Å². The normalized spacial score (nSPS) is 21.9. The van der Waals surface area contributed by atoms with Gasteiger partial charge in [0.05, 0.1) is 13.2 Å². The lowest BCUT2D eigenvalue weighted by Crippen LogP contribution is -2.46. The summed E-state index contributed by atoms with van der Waals surface area (Å²) in [4.78, 5) is 4.92. The van der Waals surface area contributed by atoms with Gasteiger partial charge in [0.2, 0.25) is 0 Å². The molecule has 3 heteroatoms. The van der Waals surface area contributed by atoms with Gasteiger partial charge >= 0.3 is 0 Å². The molecule has 0 N–H and O–H groups in total. The monoisotopic (exact) mass is 200 g/mol. The molecule has 3 nitrogen and oxygen atoms in total. The van der Waals surface area contributed by atoms with E-state index in [1.165, 1.54) is 0 Å². The zero-order valence-corrected chi connectivity index (χ0v) is 9.99. The molecule has 0 bridgehead atoms. The third-order valence-corrected chi connectivity index (χ3v) is 3.14. The zero-order chi connectivity index (χ0) is 10.6. The lowest BCUT2D eigenvalue weighted by atomic mass is 10.2. The van der Waals surface area contributed by atoms with Gasteiger partial charge in [-0.25, -0.2) is 0 Å². The van der Waals surface area contributed by atoms with Crippen LogP contribution < -0.4 is 0 Å². The predicted octanol–water partition coefficient (Wildman–Crippen LogP) is 1.05. The fraction of sp³-hybridized carbons (Fsp3) is 1.00. The summed E-state index contributed by atoms with van der Waals surface area (Å²) in [5, 5.41) is 0. The lowest BCUT2D eigenvalue weighted by molar-refractivity contribution is 0.0243. The summed E-state index contributed by atoms with van der Waals surface area (Å²) >= 11 is 0. The van der Waals surface area contributed by atoms with Crippen LogP contribution in [0.4, 0.5) is 0 Å². The second kappa shape index (κ2) is 5.69. The molecule has 0 saturated carbocycles. The number of likely N-dealkylation sites (N-methyl/N-ethyl adjacent to an activating group) is 1. The van der Waals surface area contributed by atoms with Crippen LogP contribution in [0.15, 0.2) is 0 Å². The molecular weight excluding hydrogens is 176 g/mol. The van der Waals surface area contributed by atoms with Crippen molar-refractivity contribution in [2.45, 2.75) is 32.9 Å². The topological polar surface area (TPSA) is 15.7 Å². The molecule has 84 valence electrons. The Morgan fingerprint density at radius 2 is 1.79 bits per heavy atom. The molecule has 0 spiro atoms. The van der Waals surface area contributed by atoms with Gasteiger partial charge in [0.15, 0.2) is 0 Å². The van der Waals surface area contributed by atoms with Crippen molar-refractivity contribution in [3.8, 4) is 0 Å². The highest BCUT2D eigenvalue weighted by atomic mass is 16.5. The molecule has 1 aliphatic rings. The van der Waals surface area contributed by atoms with Crippen molar-refractivity contribution in [3.05, 3.63) is 0 Å². The van der Waals surface area contributed by atoms with Gasteiger partial charge in [0, 0.05) is 31.7 Å². The second-order valence-corrected chi connectivity index (χ2v) is 4.52. The highest BCUT2D eigenvalue weighted by molar-refractivity contribution is 4.73. The number of hydrogen-bond acceptors (Lipinski definition) is 3. The van der Waals surface area contributed by atoms with Crippen LogP contribution in [-0.4, -0.2) is 61.8 Å².